The third-order valence-electron chi connectivity index (χ3n) is 5.66. The largest absolute Gasteiger partial charge is 0.416 e. The van der Waals surface area contributed by atoms with Gasteiger partial charge >= 0.3 is 12.4 Å². The molecule has 2 heterocycles. The average molecular weight is 514 g/mol. The fourth-order valence-corrected chi connectivity index (χ4v) is 4.62. The molecule has 1 unspecified atom stereocenters. The quantitative estimate of drug-likeness (QED) is 0.431. The Bertz CT molecular complexity index is 1160. The molecule has 186 valence electrons. The Morgan fingerprint density at radius 1 is 1.00 bits per heavy atom. The SMILES string of the molecule is CC1CN(c2nc(Cc3ccccc3)ns2)CCN1C(=O)c1cc(C(F)(F)F)cc(C(F)(F)F)c1. The van der Waals surface area contributed by atoms with Crippen LogP contribution in [-0.4, -0.2) is 45.8 Å². The van der Waals surface area contributed by atoms with Gasteiger partial charge in [-0.15, -0.1) is 0 Å². The summed E-state index contributed by atoms with van der Waals surface area (Å²) >= 11 is 1.20. The molecule has 3 aromatic rings. The van der Waals surface area contributed by atoms with Crippen LogP contribution in [-0.2, 0) is 18.8 Å². The van der Waals surface area contributed by atoms with Crippen molar-refractivity contribution < 1.29 is 31.1 Å². The van der Waals surface area contributed by atoms with Crippen LogP contribution in [0, 0.1) is 0 Å². The van der Waals surface area contributed by atoms with Crippen molar-refractivity contribution in [2.45, 2.75) is 31.7 Å². The number of alkyl halides is 6. The van der Waals surface area contributed by atoms with E-state index in [-0.39, 0.29) is 12.6 Å². The Labute approximate surface area is 201 Å². The van der Waals surface area contributed by atoms with Gasteiger partial charge in [-0.25, -0.2) is 4.98 Å². The first-order chi connectivity index (χ1) is 16.4. The lowest BCUT2D eigenvalue weighted by atomic mass is 10.0. The highest BCUT2D eigenvalue weighted by Gasteiger charge is 2.38. The molecule has 0 aliphatic carbocycles. The number of piperazine rings is 1. The monoisotopic (exact) mass is 514 g/mol. The molecule has 1 fully saturated rings. The van der Waals surface area contributed by atoms with Gasteiger partial charge in [-0.1, -0.05) is 30.3 Å². The van der Waals surface area contributed by atoms with Crippen molar-refractivity contribution in [2.75, 3.05) is 24.5 Å². The van der Waals surface area contributed by atoms with E-state index >= 15 is 0 Å². The number of halogens is 6. The number of benzene rings is 2. The first-order valence-electron chi connectivity index (χ1n) is 10.6. The van der Waals surface area contributed by atoms with Crippen LogP contribution >= 0.6 is 11.5 Å². The lowest BCUT2D eigenvalue weighted by molar-refractivity contribution is -0.143. The fraction of sp³-hybridized carbons (Fsp3) is 0.348. The Morgan fingerprint density at radius 2 is 1.63 bits per heavy atom. The number of aromatic nitrogens is 2. The zero-order valence-corrected chi connectivity index (χ0v) is 19.2. The lowest BCUT2D eigenvalue weighted by Crippen LogP contribution is -2.54. The molecular weight excluding hydrogens is 494 g/mol. The summed E-state index contributed by atoms with van der Waals surface area (Å²) in [5, 5.41) is 0.647. The molecule has 0 radical (unpaired) electrons. The molecule has 0 spiro atoms. The first kappa shape index (κ1) is 25.0. The number of rotatable bonds is 4. The van der Waals surface area contributed by atoms with Gasteiger partial charge in [-0.2, -0.15) is 30.7 Å². The topological polar surface area (TPSA) is 49.3 Å². The highest BCUT2D eigenvalue weighted by molar-refractivity contribution is 7.09. The summed E-state index contributed by atoms with van der Waals surface area (Å²) in [5.74, 6) is -0.234. The van der Waals surface area contributed by atoms with Crippen LogP contribution in [0.15, 0.2) is 48.5 Å². The van der Waals surface area contributed by atoms with Crippen LogP contribution in [0.3, 0.4) is 0 Å². The third kappa shape index (κ3) is 5.75. The summed E-state index contributed by atoms with van der Waals surface area (Å²) in [6, 6.07) is 10.2. The van der Waals surface area contributed by atoms with Crippen molar-refractivity contribution in [1.29, 1.82) is 0 Å². The molecule has 5 nitrogen and oxygen atoms in total. The smallest absolute Gasteiger partial charge is 0.343 e. The zero-order chi connectivity index (χ0) is 25.4. The Morgan fingerprint density at radius 3 is 2.20 bits per heavy atom. The molecule has 1 amide bonds. The minimum atomic E-state index is -5.02. The molecule has 1 atom stereocenters. The predicted octanol–water partition coefficient (Wildman–Crippen LogP) is 5.52. The number of anilines is 1. The van der Waals surface area contributed by atoms with E-state index in [1.807, 2.05) is 35.2 Å². The summed E-state index contributed by atoms with van der Waals surface area (Å²) in [6.07, 6.45) is -9.48. The van der Waals surface area contributed by atoms with E-state index in [1.165, 1.54) is 16.4 Å². The Kier molecular flexibility index (Phi) is 6.76. The lowest BCUT2D eigenvalue weighted by Gasteiger charge is -2.39. The van der Waals surface area contributed by atoms with E-state index in [9.17, 15) is 31.1 Å². The number of nitrogens with zero attached hydrogens (tertiary/aromatic N) is 4. The number of amides is 1. The van der Waals surface area contributed by atoms with Gasteiger partial charge in [-0.05, 0) is 30.7 Å². The van der Waals surface area contributed by atoms with Crippen LogP contribution in [0.5, 0.6) is 0 Å². The molecule has 1 saturated heterocycles. The number of hydrogen-bond acceptors (Lipinski definition) is 5. The van der Waals surface area contributed by atoms with Gasteiger partial charge in [0.2, 0.25) is 5.13 Å². The Hall–Kier alpha value is -3.15. The highest BCUT2D eigenvalue weighted by Crippen LogP contribution is 2.37. The van der Waals surface area contributed by atoms with Crippen molar-refractivity contribution in [3.63, 3.8) is 0 Å². The van der Waals surface area contributed by atoms with Crippen molar-refractivity contribution in [3.8, 4) is 0 Å². The Balaban J connectivity index is 1.49. The fourth-order valence-electron chi connectivity index (χ4n) is 3.90. The molecule has 0 N–H and O–H groups in total. The normalized spacial score (nSPS) is 17.1. The van der Waals surface area contributed by atoms with E-state index in [4.69, 9.17) is 0 Å². The van der Waals surface area contributed by atoms with Crippen LogP contribution in [0.1, 0.15) is 39.8 Å². The van der Waals surface area contributed by atoms with E-state index < -0.39 is 41.0 Å². The van der Waals surface area contributed by atoms with E-state index in [0.29, 0.717) is 42.6 Å². The summed E-state index contributed by atoms with van der Waals surface area (Å²) in [5.41, 5.74) is -2.61. The van der Waals surface area contributed by atoms with Crippen LogP contribution in [0.4, 0.5) is 31.5 Å². The van der Waals surface area contributed by atoms with Gasteiger partial charge in [0.15, 0.2) is 0 Å². The molecule has 1 aromatic heterocycles. The molecular formula is C23H20F6N4OS. The second-order valence-electron chi connectivity index (χ2n) is 8.24. The van der Waals surface area contributed by atoms with Gasteiger partial charge in [0, 0.05) is 49.2 Å². The molecule has 12 heteroatoms. The van der Waals surface area contributed by atoms with Gasteiger partial charge in [0.1, 0.15) is 5.82 Å². The molecule has 0 saturated carbocycles. The van der Waals surface area contributed by atoms with Crippen LogP contribution in [0.2, 0.25) is 0 Å². The minimum absolute atomic E-state index is 0.0145. The van der Waals surface area contributed by atoms with Crippen LogP contribution < -0.4 is 4.90 Å². The van der Waals surface area contributed by atoms with Gasteiger partial charge in [0.25, 0.3) is 5.91 Å². The van der Waals surface area contributed by atoms with E-state index in [1.54, 1.807) is 6.92 Å². The maximum absolute atomic E-state index is 13.2. The second-order valence-corrected chi connectivity index (χ2v) is 8.97. The number of carbonyl (C=O) groups excluding carboxylic acids is 1. The van der Waals surface area contributed by atoms with Crippen molar-refractivity contribution >= 4 is 22.6 Å². The summed E-state index contributed by atoms with van der Waals surface area (Å²) < 4.78 is 83.5. The van der Waals surface area contributed by atoms with Crippen molar-refractivity contribution in [2.24, 2.45) is 0 Å². The number of hydrogen-bond donors (Lipinski definition) is 0. The maximum Gasteiger partial charge on any atom is 0.416 e. The first-order valence-corrected chi connectivity index (χ1v) is 11.4. The predicted molar refractivity (Wildman–Crippen MR) is 118 cm³/mol. The standard InChI is InChI=1S/C23H20F6N4OS/c1-14-13-32(21-30-19(31-35-21)9-15-5-3-2-4-6-15)7-8-33(14)20(34)16-10-17(22(24,25)26)12-18(11-16)23(27,28)29/h2-6,10-12,14H,7-9,13H2,1H3. The highest BCUT2D eigenvalue weighted by atomic mass is 32.1. The van der Waals surface area contributed by atoms with E-state index in [2.05, 4.69) is 9.36 Å². The minimum Gasteiger partial charge on any atom is -0.343 e. The summed E-state index contributed by atoms with van der Waals surface area (Å²) in [6.45, 7) is 2.44. The maximum atomic E-state index is 13.2. The average Bonchev–Trinajstić information content (AvgIpc) is 3.26. The molecule has 2 aromatic carbocycles. The molecule has 35 heavy (non-hydrogen) atoms. The second kappa shape index (κ2) is 9.48. The molecule has 1 aliphatic rings. The van der Waals surface area contributed by atoms with E-state index in [0.717, 1.165) is 5.56 Å². The molecule has 4 rings (SSSR count). The van der Waals surface area contributed by atoms with Crippen LogP contribution in [0.25, 0.3) is 0 Å². The third-order valence-corrected chi connectivity index (χ3v) is 6.47. The molecule has 0 bridgehead atoms. The number of carbonyl (C=O) groups is 1. The summed E-state index contributed by atoms with van der Waals surface area (Å²) in [7, 11) is 0. The molecule has 1 aliphatic heterocycles. The van der Waals surface area contributed by atoms with Gasteiger partial charge < -0.3 is 9.80 Å². The summed E-state index contributed by atoms with van der Waals surface area (Å²) in [4.78, 5) is 20.7. The van der Waals surface area contributed by atoms with Crippen molar-refractivity contribution in [3.05, 3.63) is 76.6 Å². The zero-order valence-electron chi connectivity index (χ0n) is 18.4. The van der Waals surface area contributed by atoms with Crippen molar-refractivity contribution in [1.82, 2.24) is 14.3 Å². The van der Waals surface area contributed by atoms with Gasteiger partial charge in [-0.3, -0.25) is 4.79 Å². The van der Waals surface area contributed by atoms with Gasteiger partial charge in [0.05, 0.1) is 11.1 Å².